The average Bonchev–Trinajstić information content (AvgIpc) is 2.58. The van der Waals surface area contributed by atoms with Crippen LogP contribution in [0.3, 0.4) is 0 Å². The van der Waals surface area contributed by atoms with E-state index in [2.05, 4.69) is 31.6 Å². The van der Waals surface area contributed by atoms with Crippen LogP contribution in [0.5, 0.6) is 0 Å². The summed E-state index contributed by atoms with van der Waals surface area (Å²) in [5.41, 5.74) is 8.56. The number of ketones is 1. The lowest BCUT2D eigenvalue weighted by molar-refractivity contribution is -0.123. The smallest absolute Gasteiger partial charge is 0.161 e. The van der Waals surface area contributed by atoms with Gasteiger partial charge in [0.2, 0.25) is 0 Å². The Morgan fingerprint density at radius 3 is 2.50 bits per heavy atom. The normalized spacial score (nSPS) is 30.9. The Hall–Kier alpha value is -1.77. The summed E-state index contributed by atoms with van der Waals surface area (Å²) in [5.74, 6) is 0.442. The van der Waals surface area contributed by atoms with Crippen molar-refractivity contribution in [2.24, 2.45) is 16.7 Å². The SMILES string of the molecule is CC1(C)[C@@H]2CC[C@]1(C)C(NNc1ccccc1)=CC2=O. The molecule has 3 heteroatoms. The number of fused-ring (bicyclic) bond motifs is 2. The van der Waals surface area contributed by atoms with Gasteiger partial charge in [0.15, 0.2) is 5.78 Å². The molecular formula is C17H22N2O. The third-order valence-electron chi connectivity index (χ3n) is 5.57. The Bertz CT molecular complexity index is 562. The van der Waals surface area contributed by atoms with Gasteiger partial charge in [-0.2, -0.15) is 0 Å². The predicted molar refractivity (Wildman–Crippen MR) is 80.9 cm³/mol. The lowest BCUT2D eigenvalue weighted by Crippen LogP contribution is -2.46. The van der Waals surface area contributed by atoms with Crippen LogP contribution in [0.25, 0.3) is 0 Å². The molecule has 0 heterocycles. The minimum absolute atomic E-state index is 0.0134. The topological polar surface area (TPSA) is 41.1 Å². The molecule has 0 radical (unpaired) electrons. The molecule has 0 aromatic heterocycles. The van der Waals surface area contributed by atoms with Crippen molar-refractivity contribution in [3.05, 3.63) is 42.1 Å². The van der Waals surface area contributed by atoms with E-state index in [4.69, 9.17) is 0 Å². The van der Waals surface area contributed by atoms with Crippen molar-refractivity contribution in [3.63, 3.8) is 0 Å². The number of hydrogen-bond donors (Lipinski definition) is 2. The molecule has 2 bridgehead atoms. The number of carbonyl (C=O) groups is 1. The number of anilines is 1. The highest BCUT2D eigenvalue weighted by Gasteiger charge is 2.58. The van der Waals surface area contributed by atoms with Crippen LogP contribution in [0.1, 0.15) is 33.6 Å². The van der Waals surface area contributed by atoms with E-state index in [1.54, 1.807) is 6.08 Å². The van der Waals surface area contributed by atoms with E-state index in [-0.39, 0.29) is 22.5 Å². The summed E-state index contributed by atoms with van der Waals surface area (Å²) in [7, 11) is 0. The number of hydrogen-bond acceptors (Lipinski definition) is 3. The van der Waals surface area contributed by atoms with Crippen LogP contribution in [0.4, 0.5) is 5.69 Å². The Morgan fingerprint density at radius 1 is 1.10 bits per heavy atom. The van der Waals surface area contributed by atoms with Crippen LogP contribution >= 0.6 is 0 Å². The van der Waals surface area contributed by atoms with E-state index in [0.29, 0.717) is 0 Å². The summed E-state index contributed by atoms with van der Waals surface area (Å²) < 4.78 is 0. The molecule has 106 valence electrons. The molecular weight excluding hydrogens is 248 g/mol. The van der Waals surface area contributed by atoms with Crippen molar-refractivity contribution in [1.82, 2.24) is 5.43 Å². The zero-order valence-corrected chi connectivity index (χ0v) is 12.4. The highest BCUT2D eigenvalue weighted by Crippen LogP contribution is 2.61. The molecule has 3 rings (SSSR count). The molecule has 2 aliphatic carbocycles. The molecule has 3 nitrogen and oxygen atoms in total. The monoisotopic (exact) mass is 270 g/mol. The maximum absolute atomic E-state index is 12.3. The number of hydrazine groups is 1. The number of carbonyl (C=O) groups excluding carboxylic acids is 1. The molecule has 2 N–H and O–H groups in total. The van der Waals surface area contributed by atoms with Crippen LogP contribution in [-0.2, 0) is 4.79 Å². The fraction of sp³-hybridized carbons (Fsp3) is 0.471. The first-order valence-electron chi connectivity index (χ1n) is 7.28. The average molecular weight is 270 g/mol. The van der Waals surface area contributed by atoms with Gasteiger partial charge in [-0.1, -0.05) is 39.0 Å². The molecule has 0 unspecified atom stereocenters. The second-order valence-corrected chi connectivity index (χ2v) is 6.72. The second kappa shape index (κ2) is 4.37. The molecule has 0 spiro atoms. The molecule has 0 aliphatic heterocycles. The zero-order valence-electron chi connectivity index (χ0n) is 12.4. The van der Waals surface area contributed by atoms with Gasteiger partial charge >= 0.3 is 0 Å². The van der Waals surface area contributed by atoms with E-state index in [0.717, 1.165) is 24.2 Å². The summed E-state index contributed by atoms with van der Waals surface area (Å²) in [4.78, 5) is 12.3. The van der Waals surface area contributed by atoms with Crippen LogP contribution in [0.2, 0.25) is 0 Å². The maximum Gasteiger partial charge on any atom is 0.161 e. The van der Waals surface area contributed by atoms with Crippen LogP contribution in [-0.4, -0.2) is 5.78 Å². The Labute approximate surface area is 120 Å². The van der Waals surface area contributed by atoms with Gasteiger partial charge in [0, 0.05) is 23.1 Å². The van der Waals surface area contributed by atoms with Gasteiger partial charge in [-0.3, -0.25) is 4.79 Å². The minimum Gasteiger partial charge on any atom is -0.304 e. The molecule has 2 atom stereocenters. The summed E-state index contributed by atoms with van der Waals surface area (Å²) in [6.07, 6.45) is 3.86. The van der Waals surface area contributed by atoms with E-state index >= 15 is 0 Å². The molecule has 2 aliphatic rings. The number of benzene rings is 1. The first-order chi connectivity index (χ1) is 9.45. The second-order valence-electron chi connectivity index (χ2n) is 6.72. The van der Waals surface area contributed by atoms with Crippen molar-refractivity contribution in [1.29, 1.82) is 0 Å². The highest BCUT2D eigenvalue weighted by atomic mass is 16.1. The van der Waals surface area contributed by atoms with Crippen molar-refractivity contribution in [2.45, 2.75) is 33.6 Å². The maximum atomic E-state index is 12.3. The van der Waals surface area contributed by atoms with Gasteiger partial charge in [-0.15, -0.1) is 0 Å². The third-order valence-corrected chi connectivity index (χ3v) is 5.57. The standard InChI is InChI=1S/C17H22N2O/c1-16(2)13-9-10-17(16,3)15(11-14(13)20)19-18-12-7-5-4-6-8-12/h4-8,11,13,18-19H,9-10H2,1-3H3/t13-,17-/m1/s1. The lowest BCUT2D eigenvalue weighted by atomic mass is 9.60. The van der Waals surface area contributed by atoms with Crippen molar-refractivity contribution < 1.29 is 4.79 Å². The molecule has 1 aromatic carbocycles. The lowest BCUT2D eigenvalue weighted by Gasteiger charge is -2.45. The van der Waals surface area contributed by atoms with Crippen LogP contribution in [0.15, 0.2) is 42.1 Å². The molecule has 1 fully saturated rings. The van der Waals surface area contributed by atoms with Crippen molar-refractivity contribution >= 4 is 11.5 Å². The Morgan fingerprint density at radius 2 is 1.80 bits per heavy atom. The summed E-state index contributed by atoms with van der Waals surface area (Å²) in [6, 6.07) is 9.97. The minimum atomic E-state index is 0.0134. The quantitative estimate of drug-likeness (QED) is 0.826. The molecule has 1 saturated carbocycles. The van der Waals surface area contributed by atoms with Gasteiger partial charge in [0.25, 0.3) is 0 Å². The van der Waals surface area contributed by atoms with Gasteiger partial charge in [0.05, 0.1) is 5.69 Å². The molecule has 1 aromatic rings. The first kappa shape index (κ1) is 13.2. The van der Waals surface area contributed by atoms with E-state index in [1.807, 2.05) is 30.3 Å². The van der Waals surface area contributed by atoms with Crippen LogP contribution < -0.4 is 10.9 Å². The number of allylic oxidation sites excluding steroid dienone is 2. The summed E-state index contributed by atoms with van der Waals surface area (Å²) >= 11 is 0. The number of para-hydroxylation sites is 1. The molecule has 20 heavy (non-hydrogen) atoms. The fourth-order valence-electron chi connectivity index (χ4n) is 3.72. The number of rotatable bonds is 3. The van der Waals surface area contributed by atoms with E-state index < -0.39 is 0 Å². The van der Waals surface area contributed by atoms with Crippen LogP contribution in [0, 0.1) is 16.7 Å². The van der Waals surface area contributed by atoms with E-state index in [1.165, 1.54) is 0 Å². The summed E-state index contributed by atoms with van der Waals surface area (Å²) in [6.45, 7) is 6.71. The molecule has 0 amide bonds. The van der Waals surface area contributed by atoms with Crippen molar-refractivity contribution in [3.8, 4) is 0 Å². The van der Waals surface area contributed by atoms with Gasteiger partial charge in [0.1, 0.15) is 0 Å². The fourth-order valence-corrected chi connectivity index (χ4v) is 3.72. The van der Waals surface area contributed by atoms with Gasteiger partial charge < -0.3 is 10.9 Å². The summed E-state index contributed by atoms with van der Waals surface area (Å²) in [5, 5.41) is 0. The first-order valence-corrected chi connectivity index (χ1v) is 7.28. The van der Waals surface area contributed by atoms with Crippen molar-refractivity contribution in [2.75, 3.05) is 5.43 Å². The zero-order chi connectivity index (χ0) is 14.4. The largest absolute Gasteiger partial charge is 0.304 e. The van der Waals surface area contributed by atoms with Gasteiger partial charge in [-0.05, 0) is 30.4 Å². The van der Waals surface area contributed by atoms with E-state index in [9.17, 15) is 4.79 Å². The van der Waals surface area contributed by atoms with Gasteiger partial charge in [-0.25, -0.2) is 0 Å². The third kappa shape index (κ3) is 1.76. The Kier molecular flexibility index (Phi) is 2.89. The predicted octanol–water partition coefficient (Wildman–Crippen LogP) is 3.51. The highest BCUT2D eigenvalue weighted by molar-refractivity contribution is 5.95. The molecule has 0 saturated heterocycles. The number of nitrogens with one attached hydrogen (secondary N) is 2. The Balaban J connectivity index is 1.84.